The minimum atomic E-state index is -0.481. The lowest BCUT2D eigenvalue weighted by Gasteiger charge is -2.35. The number of likely N-dealkylation sites (tertiary alicyclic amines) is 2. The number of ether oxygens (including phenoxy) is 1. The Bertz CT molecular complexity index is 1260. The fourth-order valence-electron chi connectivity index (χ4n) is 5.23. The van der Waals surface area contributed by atoms with Gasteiger partial charge in [0.1, 0.15) is 23.6 Å². The molecule has 2 amide bonds. The third-order valence-corrected chi connectivity index (χ3v) is 7.46. The summed E-state index contributed by atoms with van der Waals surface area (Å²) in [6, 6.07) is 16.6. The standard InChI is InChI=1S/C29H32N2O4/c1-19-9-11-23(18-20(19)2)35-22-13-16-30(17-14-22)29(34)26-8-5-15-31(26)28(33)25-12-10-21-6-3-4-7-24(21)27(25)32/h3-4,6-7,9-12,18,22,26,32H,5,8,13-17H2,1-2H3. The van der Waals surface area contributed by atoms with Gasteiger partial charge in [0.2, 0.25) is 5.91 Å². The SMILES string of the molecule is Cc1ccc(OC2CCN(C(=O)C3CCCN3C(=O)c3ccc4ccccc4c3O)CC2)cc1C. The van der Waals surface area contributed by atoms with Crippen LogP contribution in [-0.2, 0) is 4.79 Å². The molecule has 0 aliphatic carbocycles. The first-order valence-electron chi connectivity index (χ1n) is 12.5. The number of amides is 2. The van der Waals surface area contributed by atoms with Crippen molar-refractivity contribution in [3.8, 4) is 11.5 Å². The van der Waals surface area contributed by atoms with Crippen molar-refractivity contribution in [2.24, 2.45) is 0 Å². The van der Waals surface area contributed by atoms with Crippen LogP contribution in [0.4, 0.5) is 0 Å². The molecule has 0 radical (unpaired) electrons. The summed E-state index contributed by atoms with van der Waals surface area (Å²) < 4.78 is 6.18. The molecule has 2 aliphatic heterocycles. The Morgan fingerprint density at radius 1 is 0.914 bits per heavy atom. The number of carbonyl (C=O) groups excluding carboxylic acids is 2. The lowest BCUT2D eigenvalue weighted by atomic mass is 10.0. The molecule has 2 fully saturated rings. The van der Waals surface area contributed by atoms with Gasteiger partial charge in [0.25, 0.3) is 5.91 Å². The van der Waals surface area contributed by atoms with Crippen LogP contribution in [0.25, 0.3) is 10.8 Å². The van der Waals surface area contributed by atoms with Crippen LogP contribution in [0.3, 0.4) is 0 Å². The zero-order valence-electron chi connectivity index (χ0n) is 20.4. The maximum absolute atomic E-state index is 13.4. The molecule has 1 N–H and O–H groups in total. The van der Waals surface area contributed by atoms with Gasteiger partial charge in [-0.05, 0) is 61.4 Å². The number of hydrogen-bond acceptors (Lipinski definition) is 4. The van der Waals surface area contributed by atoms with Gasteiger partial charge in [-0.1, -0.05) is 36.4 Å². The molecule has 0 spiro atoms. The van der Waals surface area contributed by atoms with E-state index in [-0.39, 0.29) is 29.2 Å². The molecule has 6 heteroatoms. The second-order valence-electron chi connectivity index (χ2n) is 9.73. The van der Waals surface area contributed by atoms with Crippen molar-refractivity contribution >= 4 is 22.6 Å². The van der Waals surface area contributed by atoms with Crippen molar-refractivity contribution in [3.63, 3.8) is 0 Å². The molecule has 6 nitrogen and oxygen atoms in total. The predicted octanol–water partition coefficient (Wildman–Crippen LogP) is 4.84. The zero-order chi connectivity index (χ0) is 24.5. The van der Waals surface area contributed by atoms with Crippen LogP contribution in [0.2, 0.25) is 0 Å². The van der Waals surface area contributed by atoms with E-state index in [9.17, 15) is 14.7 Å². The smallest absolute Gasteiger partial charge is 0.258 e. The highest BCUT2D eigenvalue weighted by atomic mass is 16.5. The summed E-state index contributed by atoms with van der Waals surface area (Å²) in [6.07, 6.45) is 3.05. The fraction of sp³-hybridized carbons (Fsp3) is 0.379. The molecule has 0 saturated carbocycles. The number of phenolic OH excluding ortho intramolecular Hbond substituents is 1. The van der Waals surface area contributed by atoms with Gasteiger partial charge in [-0.2, -0.15) is 0 Å². The zero-order valence-corrected chi connectivity index (χ0v) is 20.4. The van der Waals surface area contributed by atoms with Crippen molar-refractivity contribution in [3.05, 3.63) is 71.3 Å². The van der Waals surface area contributed by atoms with E-state index in [0.717, 1.165) is 30.4 Å². The van der Waals surface area contributed by atoms with E-state index in [2.05, 4.69) is 26.0 Å². The van der Waals surface area contributed by atoms with Gasteiger partial charge in [0.15, 0.2) is 0 Å². The maximum atomic E-state index is 13.4. The number of fused-ring (bicyclic) bond motifs is 1. The van der Waals surface area contributed by atoms with Gasteiger partial charge >= 0.3 is 0 Å². The average molecular weight is 473 g/mol. The number of nitrogens with zero attached hydrogens (tertiary/aromatic N) is 2. The summed E-state index contributed by atoms with van der Waals surface area (Å²) >= 11 is 0. The Morgan fingerprint density at radius 2 is 1.69 bits per heavy atom. The summed E-state index contributed by atoms with van der Waals surface area (Å²) in [4.78, 5) is 30.3. The van der Waals surface area contributed by atoms with Crippen LogP contribution in [0, 0.1) is 13.8 Å². The van der Waals surface area contributed by atoms with Crippen molar-refractivity contribution in [1.82, 2.24) is 9.80 Å². The largest absolute Gasteiger partial charge is 0.506 e. The van der Waals surface area contributed by atoms with Crippen LogP contribution < -0.4 is 4.74 Å². The van der Waals surface area contributed by atoms with E-state index in [4.69, 9.17) is 4.74 Å². The van der Waals surface area contributed by atoms with Gasteiger partial charge in [0.05, 0.1) is 5.56 Å². The van der Waals surface area contributed by atoms with Crippen molar-refractivity contribution in [2.75, 3.05) is 19.6 Å². The first-order chi connectivity index (χ1) is 16.9. The number of rotatable bonds is 4. The number of aromatic hydroxyl groups is 1. The summed E-state index contributed by atoms with van der Waals surface area (Å²) in [5, 5.41) is 12.3. The highest BCUT2D eigenvalue weighted by Gasteiger charge is 2.38. The number of carbonyl (C=O) groups is 2. The van der Waals surface area contributed by atoms with Crippen LogP contribution in [0.15, 0.2) is 54.6 Å². The van der Waals surface area contributed by atoms with E-state index in [1.165, 1.54) is 11.1 Å². The van der Waals surface area contributed by atoms with Crippen LogP contribution in [-0.4, -0.2) is 58.5 Å². The molecule has 2 aliphatic rings. The second-order valence-corrected chi connectivity index (χ2v) is 9.73. The monoisotopic (exact) mass is 472 g/mol. The number of aryl methyl sites for hydroxylation is 2. The second kappa shape index (κ2) is 9.61. The first-order valence-corrected chi connectivity index (χ1v) is 12.5. The quantitative estimate of drug-likeness (QED) is 0.590. The number of phenols is 1. The third-order valence-electron chi connectivity index (χ3n) is 7.46. The van der Waals surface area contributed by atoms with Gasteiger partial charge < -0.3 is 19.6 Å². The van der Waals surface area contributed by atoms with Crippen LogP contribution >= 0.6 is 0 Å². The molecular weight excluding hydrogens is 440 g/mol. The summed E-state index contributed by atoms with van der Waals surface area (Å²) in [5.41, 5.74) is 2.70. The molecule has 35 heavy (non-hydrogen) atoms. The Hall–Kier alpha value is -3.54. The average Bonchev–Trinajstić information content (AvgIpc) is 3.36. The Morgan fingerprint density at radius 3 is 2.46 bits per heavy atom. The van der Waals surface area contributed by atoms with E-state index in [0.29, 0.717) is 31.4 Å². The molecule has 2 saturated heterocycles. The first kappa shape index (κ1) is 23.2. The van der Waals surface area contributed by atoms with Crippen molar-refractivity contribution in [1.29, 1.82) is 0 Å². The lowest BCUT2D eigenvalue weighted by Crippen LogP contribution is -2.51. The van der Waals surface area contributed by atoms with E-state index in [1.807, 2.05) is 35.2 Å². The molecule has 0 bridgehead atoms. The molecule has 182 valence electrons. The summed E-state index contributed by atoms with van der Waals surface area (Å²) in [6.45, 7) is 5.92. The predicted molar refractivity (Wildman–Crippen MR) is 136 cm³/mol. The van der Waals surface area contributed by atoms with E-state index in [1.54, 1.807) is 17.0 Å². The molecule has 2 heterocycles. The molecule has 0 aromatic heterocycles. The van der Waals surface area contributed by atoms with Crippen LogP contribution in [0.1, 0.15) is 47.2 Å². The molecule has 1 atom stereocenters. The topological polar surface area (TPSA) is 70.1 Å². The van der Waals surface area contributed by atoms with E-state index < -0.39 is 6.04 Å². The molecular formula is C29H32N2O4. The minimum absolute atomic E-state index is 0.000703. The van der Waals surface area contributed by atoms with Crippen molar-refractivity contribution in [2.45, 2.75) is 51.7 Å². The Labute approximate surface area is 206 Å². The lowest BCUT2D eigenvalue weighted by molar-refractivity contribution is -0.137. The van der Waals surface area contributed by atoms with Crippen LogP contribution in [0.5, 0.6) is 11.5 Å². The normalized spacial score (nSPS) is 18.7. The highest BCUT2D eigenvalue weighted by molar-refractivity contribution is 6.05. The van der Waals surface area contributed by atoms with Gasteiger partial charge in [-0.3, -0.25) is 9.59 Å². The summed E-state index contributed by atoms with van der Waals surface area (Å²) in [7, 11) is 0. The van der Waals surface area contributed by atoms with Crippen molar-refractivity contribution < 1.29 is 19.4 Å². The maximum Gasteiger partial charge on any atom is 0.258 e. The van der Waals surface area contributed by atoms with Gasteiger partial charge in [-0.25, -0.2) is 0 Å². The Balaban J connectivity index is 1.24. The molecule has 3 aromatic carbocycles. The summed E-state index contributed by atoms with van der Waals surface area (Å²) in [5.74, 6) is 0.578. The molecule has 5 rings (SSSR count). The van der Waals surface area contributed by atoms with Gasteiger partial charge in [0, 0.05) is 37.9 Å². The molecule has 3 aromatic rings. The highest BCUT2D eigenvalue weighted by Crippen LogP contribution is 2.32. The van der Waals surface area contributed by atoms with Gasteiger partial charge in [-0.15, -0.1) is 0 Å². The fourth-order valence-corrected chi connectivity index (χ4v) is 5.23. The van der Waals surface area contributed by atoms with E-state index >= 15 is 0 Å². The number of benzene rings is 3. The Kier molecular flexibility index (Phi) is 6.37. The number of hydrogen-bond donors (Lipinski definition) is 1. The third kappa shape index (κ3) is 4.57. The molecule has 1 unspecified atom stereocenters. The number of piperidine rings is 1. The minimum Gasteiger partial charge on any atom is -0.506 e.